The van der Waals surface area contributed by atoms with E-state index in [1.807, 2.05) is 0 Å². The van der Waals surface area contributed by atoms with Crippen LogP contribution in [0.1, 0.15) is 27.6 Å². The van der Waals surface area contributed by atoms with Crippen molar-refractivity contribution in [1.82, 2.24) is 0 Å². The number of halogens is 3. The molecular formula is C16H15BrClF. The van der Waals surface area contributed by atoms with Crippen LogP contribution in [0.2, 0.25) is 0 Å². The van der Waals surface area contributed by atoms with E-state index in [-0.39, 0.29) is 11.2 Å². The first-order valence-electron chi connectivity index (χ1n) is 6.12. The Morgan fingerprint density at radius 3 is 2.63 bits per heavy atom. The van der Waals surface area contributed by atoms with Gasteiger partial charge < -0.3 is 0 Å². The van der Waals surface area contributed by atoms with Gasteiger partial charge in [0.05, 0.1) is 5.38 Å². The molecule has 1 atom stereocenters. The van der Waals surface area contributed by atoms with E-state index in [4.69, 9.17) is 11.6 Å². The molecule has 1 unspecified atom stereocenters. The Morgan fingerprint density at radius 2 is 1.89 bits per heavy atom. The fourth-order valence-corrected chi connectivity index (χ4v) is 3.08. The second-order valence-electron chi connectivity index (χ2n) is 4.77. The second kappa shape index (κ2) is 6.06. The minimum absolute atomic E-state index is 0.245. The van der Waals surface area contributed by atoms with Crippen molar-refractivity contribution in [3.05, 3.63) is 68.9 Å². The van der Waals surface area contributed by atoms with Crippen LogP contribution in [0.15, 0.2) is 40.9 Å². The van der Waals surface area contributed by atoms with E-state index in [0.29, 0.717) is 6.42 Å². The van der Waals surface area contributed by atoms with E-state index in [0.717, 1.165) is 10.0 Å². The smallest absolute Gasteiger partial charge is 0.123 e. The fourth-order valence-electron chi connectivity index (χ4n) is 2.08. The summed E-state index contributed by atoms with van der Waals surface area (Å²) in [6, 6.07) is 10.9. The van der Waals surface area contributed by atoms with E-state index in [2.05, 4.69) is 48.0 Å². The first kappa shape index (κ1) is 14.5. The molecule has 0 bridgehead atoms. The predicted octanol–water partition coefficient (Wildman–Crippen LogP) is 5.73. The summed E-state index contributed by atoms with van der Waals surface area (Å²) in [7, 11) is 0. The molecule has 2 aromatic carbocycles. The molecule has 0 nitrogen and oxygen atoms in total. The fraction of sp³-hybridized carbons (Fsp3) is 0.250. The van der Waals surface area contributed by atoms with Crippen molar-refractivity contribution in [2.45, 2.75) is 25.6 Å². The summed E-state index contributed by atoms with van der Waals surface area (Å²) in [6.45, 7) is 4.13. The number of benzene rings is 2. The first-order chi connectivity index (χ1) is 8.97. The molecule has 2 rings (SSSR count). The van der Waals surface area contributed by atoms with Gasteiger partial charge in [0, 0.05) is 4.47 Å². The van der Waals surface area contributed by atoms with Gasteiger partial charge in [0.25, 0.3) is 0 Å². The zero-order valence-corrected chi connectivity index (χ0v) is 13.2. The van der Waals surface area contributed by atoms with E-state index >= 15 is 0 Å². The Bertz CT molecular complexity index is 595. The van der Waals surface area contributed by atoms with Crippen LogP contribution in [0.5, 0.6) is 0 Å². The van der Waals surface area contributed by atoms with Crippen LogP contribution in [0.25, 0.3) is 0 Å². The average molecular weight is 342 g/mol. The summed E-state index contributed by atoms with van der Waals surface area (Å²) in [5.41, 5.74) is 4.42. The molecule has 0 heterocycles. The predicted molar refractivity (Wildman–Crippen MR) is 82.3 cm³/mol. The van der Waals surface area contributed by atoms with Crippen molar-refractivity contribution in [2.75, 3.05) is 0 Å². The molecule has 0 fully saturated rings. The molecule has 19 heavy (non-hydrogen) atoms. The molecule has 100 valence electrons. The number of rotatable bonds is 3. The van der Waals surface area contributed by atoms with Gasteiger partial charge in [-0.15, -0.1) is 11.6 Å². The Kier molecular flexibility index (Phi) is 4.64. The van der Waals surface area contributed by atoms with E-state index in [1.54, 1.807) is 6.07 Å². The number of hydrogen-bond acceptors (Lipinski definition) is 0. The molecular weight excluding hydrogens is 327 g/mol. The highest BCUT2D eigenvalue weighted by Crippen LogP contribution is 2.32. The van der Waals surface area contributed by atoms with Crippen molar-refractivity contribution in [1.29, 1.82) is 0 Å². The van der Waals surface area contributed by atoms with Crippen LogP contribution in [0, 0.1) is 19.7 Å². The highest BCUT2D eigenvalue weighted by molar-refractivity contribution is 9.10. The molecule has 3 heteroatoms. The highest BCUT2D eigenvalue weighted by Gasteiger charge is 2.14. The van der Waals surface area contributed by atoms with Crippen LogP contribution >= 0.6 is 27.5 Å². The van der Waals surface area contributed by atoms with Gasteiger partial charge in [-0.2, -0.15) is 0 Å². The number of aryl methyl sites for hydroxylation is 2. The highest BCUT2D eigenvalue weighted by atomic mass is 79.9. The lowest BCUT2D eigenvalue weighted by atomic mass is 9.98. The molecule has 0 N–H and O–H groups in total. The van der Waals surface area contributed by atoms with Crippen LogP contribution in [0.3, 0.4) is 0 Å². The molecule has 2 aromatic rings. The quantitative estimate of drug-likeness (QED) is 0.626. The Labute approximate surface area is 126 Å². The molecule has 0 aliphatic heterocycles. The Morgan fingerprint density at radius 1 is 1.16 bits per heavy atom. The second-order valence-corrected chi connectivity index (χ2v) is 6.15. The summed E-state index contributed by atoms with van der Waals surface area (Å²) in [4.78, 5) is 0. The molecule has 0 saturated carbocycles. The Balaban J connectivity index is 2.27. The lowest BCUT2D eigenvalue weighted by Crippen LogP contribution is -2.00. The van der Waals surface area contributed by atoms with E-state index < -0.39 is 0 Å². The molecule has 0 radical (unpaired) electrons. The maximum atomic E-state index is 13.3. The topological polar surface area (TPSA) is 0 Å². The molecule has 0 aliphatic rings. The zero-order chi connectivity index (χ0) is 14.0. The average Bonchev–Trinajstić information content (AvgIpc) is 2.36. The largest absolute Gasteiger partial charge is 0.207 e. The van der Waals surface area contributed by atoms with Crippen molar-refractivity contribution in [3.63, 3.8) is 0 Å². The SMILES string of the molecule is Cc1ccc(C)c(CC(Cl)c2cc(F)ccc2Br)c1. The summed E-state index contributed by atoms with van der Waals surface area (Å²) in [5, 5.41) is -0.245. The van der Waals surface area contributed by atoms with Crippen molar-refractivity contribution in [2.24, 2.45) is 0 Å². The third-order valence-electron chi connectivity index (χ3n) is 3.20. The Hall–Kier alpha value is -0.860. The lowest BCUT2D eigenvalue weighted by Gasteiger charge is -2.14. The normalized spacial score (nSPS) is 12.5. The minimum atomic E-state index is -0.259. The summed E-state index contributed by atoms with van der Waals surface area (Å²) < 4.78 is 14.2. The van der Waals surface area contributed by atoms with E-state index in [9.17, 15) is 4.39 Å². The first-order valence-corrected chi connectivity index (χ1v) is 7.35. The number of alkyl halides is 1. The summed E-state index contributed by atoms with van der Waals surface area (Å²) in [6.07, 6.45) is 0.692. The van der Waals surface area contributed by atoms with Gasteiger partial charge in [0.1, 0.15) is 5.82 Å². The molecule has 0 amide bonds. The maximum absolute atomic E-state index is 13.3. The van der Waals surface area contributed by atoms with Gasteiger partial charge in [-0.05, 0) is 55.2 Å². The maximum Gasteiger partial charge on any atom is 0.123 e. The summed E-state index contributed by atoms with van der Waals surface area (Å²) in [5.74, 6) is -0.259. The number of hydrogen-bond donors (Lipinski definition) is 0. The molecule has 0 saturated heterocycles. The van der Waals surface area contributed by atoms with Gasteiger partial charge >= 0.3 is 0 Å². The lowest BCUT2D eigenvalue weighted by molar-refractivity contribution is 0.624. The van der Waals surface area contributed by atoms with Gasteiger partial charge in [-0.1, -0.05) is 39.7 Å². The van der Waals surface area contributed by atoms with E-state index in [1.165, 1.54) is 28.8 Å². The van der Waals surface area contributed by atoms with Crippen LogP contribution in [-0.4, -0.2) is 0 Å². The van der Waals surface area contributed by atoms with Crippen molar-refractivity contribution >= 4 is 27.5 Å². The van der Waals surface area contributed by atoms with Gasteiger partial charge in [-0.3, -0.25) is 0 Å². The van der Waals surface area contributed by atoms with Gasteiger partial charge in [0.2, 0.25) is 0 Å². The van der Waals surface area contributed by atoms with Crippen LogP contribution in [0.4, 0.5) is 4.39 Å². The summed E-state index contributed by atoms with van der Waals surface area (Å²) >= 11 is 9.87. The molecule has 0 aliphatic carbocycles. The van der Waals surface area contributed by atoms with Crippen LogP contribution in [-0.2, 0) is 6.42 Å². The third-order valence-corrected chi connectivity index (χ3v) is 4.31. The van der Waals surface area contributed by atoms with Gasteiger partial charge in [0.15, 0.2) is 0 Å². The minimum Gasteiger partial charge on any atom is -0.207 e. The molecule has 0 spiro atoms. The molecule has 0 aromatic heterocycles. The standard InChI is InChI=1S/C16H15BrClF/c1-10-3-4-11(2)12(7-10)8-16(18)14-9-13(19)5-6-15(14)17/h3-7,9,16H,8H2,1-2H3. The zero-order valence-electron chi connectivity index (χ0n) is 10.9. The van der Waals surface area contributed by atoms with Crippen LogP contribution < -0.4 is 0 Å². The van der Waals surface area contributed by atoms with Gasteiger partial charge in [-0.25, -0.2) is 4.39 Å². The monoisotopic (exact) mass is 340 g/mol. The third kappa shape index (κ3) is 3.58. The van der Waals surface area contributed by atoms with Crippen molar-refractivity contribution in [3.8, 4) is 0 Å². The van der Waals surface area contributed by atoms with Crippen molar-refractivity contribution < 1.29 is 4.39 Å².